The van der Waals surface area contributed by atoms with Gasteiger partial charge < -0.3 is 4.42 Å². The lowest BCUT2D eigenvalue weighted by molar-refractivity contribution is 0.417. The lowest BCUT2D eigenvalue weighted by Crippen LogP contribution is -2.28. The molecule has 0 spiro atoms. The van der Waals surface area contributed by atoms with Crippen LogP contribution in [0.2, 0.25) is 0 Å². The van der Waals surface area contributed by atoms with E-state index < -0.39 is 14.6 Å². The number of hydrogen-bond acceptors (Lipinski definition) is 5. The van der Waals surface area contributed by atoms with E-state index in [9.17, 15) is 8.42 Å². The van der Waals surface area contributed by atoms with Crippen molar-refractivity contribution in [1.29, 1.82) is 0 Å². The van der Waals surface area contributed by atoms with Gasteiger partial charge in [-0.25, -0.2) is 8.42 Å². The molecule has 1 aromatic heterocycles. The maximum Gasteiger partial charge on any atom is 0.278 e. The molecule has 0 aliphatic heterocycles. The summed E-state index contributed by atoms with van der Waals surface area (Å²) in [5.74, 6) is 0.124. The Bertz CT molecular complexity index is 409. The Morgan fingerprint density at radius 3 is 2.23 bits per heavy atom. The van der Waals surface area contributed by atoms with Gasteiger partial charge in [0.25, 0.3) is 3.90 Å². The molecular weight excluding hydrogens is 307 g/mol. The summed E-state index contributed by atoms with van der Waals surface area (Å²) < 4.78 is 26.9. The summed E-state index contributed by atoms with van der Waals surface area (Å²) in [7, 11) is -3.24. The van der Waals surface area contributed by atoms with Gasteiger partial charge in [-0.2, -0.15) is 0 Å². The summed E-state index contributed by atoms with van der Waals surface area (Å²) in [4.78, 5) is 0. The van der Waals surface area contributed by atoms with Crippen molar-refractivity contribution < 1.29 is 12.8 Å². The van der Waals surface area contributed by atoms with Crippen molar-refractivity contribution in [3.05, 3.63) is 9.79 Å². The van der Waals surface area contributed by atoms with Crippen molar-refractivity contribution in [2.75, 3.05) is 6.26 Å². The molecule has 5 nitrogen and oxygen atoms in total. The smallest absolute Gasteiger partial charge is 0.278 e. The van der Waals surface area contributed by atoms with Crippen LogP contribution in [0.5, 0.6) is 0 Å². The van der Waals surface area contributed by atoms with Gasteiger partial charge in [-0.1, -0.05) is 0 Å². The molecule has 74 valence electrons. The van der Waals surface area contributed by atoms with Crippen LogP contribution >= 0.6 is 22.6 Å². The van der Waals surface area contributed by atoms with E-state index in [-0.39, 0.29) is 5.89 Å². The minimum absolute atomic E-state index is 0.124. The minimum Gasteiger partial charge on any atom is -0.415 e. The molecule has 0 fully saturated rings. The molecular formula is C6H9IN2O3S. The van der Waals surface area contributed by atoms with Gasteiger partial charge in [-0.3, -0.25) is 0 Å². The van der Waals surface area contributed by atoms with Crippen LogP contribution in [-0.2, 0) is 14.6 Å². The molecule has 0 unspecified atom stereocenters. The minimum atomic E-state index is -3.24. The van der Waals surface area contributed by atoms with Crippen molar-refractivity contribution in [3.8, 4) is 0 Å². The maximum absolute atomic E-state index is 11.3. The van der Waals surface area contributed by atoms with Crippen LogP contribution in [0, 0.1) is 3.90 Å². The molecule has 0 aliphatic rings. The van der Waals surface area contributed by atoms with Gasteiger partial charge >= 0.3 is 0 Å². The van der Waals surface area contributed by atoms with E-state index in [0.29, 0.717) is 3.90 Å². The van der Waals surface area contributed by atoms with Gasteiger partial charge in [0.15, 0.2) is 9.84 Å². The first-order valence-corrected chi connectivity index (χ1v) is 6.41. The Kier molecular flexibility index (Phi) is 2.68. The molecule has 1 rings (SSSR count). The third kappa shape index (κ3) is 2.01. The lowest BCUT2D eigenvalue weighted by Gasteiger charge is -2.16. The van der Waals surface area contributed by atoms with Crippen molar-refractivity contribution >= 4 is 32.4 Å². The number of sulfone groups is 1. The summed E-state index contributed by atoms with van der Waals surface area (Å²) >= 11 is 1.83. The van der Waals surface area contributed by atoms with Crippen molar-refractivity contribution in [3.63, 3.8) is 0 Å². The molecule has 0 saturated heterocycles. The number of rotatable bonds is 2. The van der Waals surface area contributed by atoms with E-state index in [4.69, 9.17) is 4.42 Å². The molecule has 13 heavy (non-hydrogen) atoms. The maximum atomic E-state index is 11.3. The highest BCUT2D eigenvalue weighted by Gasteiger charge is 2.37. The first kappa shape index (κ1) is 10.9. The third-order valence-corrected chi connectivity index (χ3v) is 4.31. The highest BCUT2D eigenvalue weighted by atomic mass is 127. The number of nitrogens with zero attached hydrogens (tertiary/aromatic N) is 2. The quantitative estimate of drug-likeness (QED) is 0.760. The summed E-state index contributed by atoms with van der Waals surface area (Å²) in [6, 6.07) is 0. The summed E-state index contributed by atoms with van der Waals surface area (Å²) in [6.07, 6.45) is 1.14. The Labute approximate surface area is 90.0 Å². The average Bonchev–Trinajstić information content (AvgIpc) is 2.33. The van der Waals surface area contributed by atoms with E-state index in [0.717, 1.165) is 6.26 Å². The molecule has 1 heterocycles. The monoisotopic (exact) mass is 316 g/mol. The van der Waals surface area contributed by atoms with Gasteiger partial charge in [0, 0.05) is 28.8 Å². The van der Waals surface area contributed by atoms with Crippen molar-refractivity contribution in [2.45, 2.75) is 18.6 Å². The van der Waals surface area contributed by atoms with Gasteiger partial charge in [-0.05, 0) is 13.8 Å². The summed E-state index contributed by atoms with van der Waals surface area (Å²) in [5, 5.41) is 7.25. The van der Waals surface area contributed by atoms with Gasteiger partial charge in [0.2, 0.25) is 5.89 Å². The van der Waals surface area contributed by atoms with Crippen LogP contribution < -0.4 is 0 Å². The largest absolute Gasteiger partial charge is 0.415 e. The van der Waals surface area contributed by atoms with E-state index in [1.54, 1.807) is 0 Å². The van der Waals surface area contributed by atoms with Crippen molar-refractivity contribution in [2.24, 2.45) is 0 Å². The molecule has 0 radical (unpaired) electrons. The Balaban J connectivity index is 3.23. The standard InChI is InChI=1S/C6H9IN2O3S/c1-6(2,13(3,10)11)4-8-9-5(7)12-4/h1-3H3. The SMILES string of the molecule is CC(C)(c1nnc(I)o1)S(C)(=O)=O. The van der Waals surface area contributed by atoms with Crippen LogP contribution in [0.1, 0.15) is 19.7 Å². The topological polar surface area (TPSA) is 73.1 Å². The second kappa shape index (κ2) is 3.19. The number of hydrogen-bond donors (Lipinski definition) is 0. The fourth-order valence-electron chi connectivity index (χ4n) is 0.607. The van der Waals surface area contributed by atoms with Gasteiger partial charge in [0.05, 0.1) is 0 Å². The second-order valence-electron chi connectivity index (χ2n) is 3.14. The fraction of sp³-hybridized carbons (Fsp3) is 0.667. The Morgan fingerprint density at radius 1 is 1.38 bits per heavy atom. The highest BCUT2D eigenvalue weighted by Crippen LogP contribution is 2.27. The molecule has 1 aromatic rings. The lowest BCUT2D eigenvalue weighted by atomic mass is 10.2. The molecule has 7 heteroatoms. The molecule has 0 aromatic carbocycles. The molecule has 0 bridgehead atoms. The number of aromatic nitrogens is 2. The Hall–Kier alpha value is -0.180. The van der Waals surface area contributed by atoms with Crippen LogP contribution in [0.25, 0.3) is 0 Å². The highest BCUT2D eigenvalue weighted by molar-refractivity contribution is 14.1. The van der Waals surface area contributed by atoms with E-state index in [2.05, 4.69) is 10.2 Å². The van der Waals surface area contributed by atoms with E-state index in [1.807, 2.05) is 22.6 Å². The normalized spacial score (nSPS) is 13.2. The molecule has 0 N–H and O–H groups in total. The first-order valence-electron chi connectivity index (χ1n) is 3.44. The van der Waals surface area contributed by atoms with Crippen LogP contribution in [-0.4, -0.2) is 24.9 Å². The van der Waals surface area contributed by atoms with E-state index in [1.165, 1.54) is 13.8 Å². The van der Waals surface area contributed by atoms with Crippen LogP contribution in [0.3, 0.4) is 0 Å². The molecule has 0 saturated carbocycles. The second-order valence-corrected chi connectivity index (χ2v) is 6.63. The van der Waals surface area contributed by atoms with Crippen LogP contribution in [0.4, 0.5) is 0 Å². The molecule has 0 amide bonds. The summed E-state index contributed by atoms with van der Waals surface area (Å²) in [6.45, 7) is 3.07. The first-order chi connectivity index (χ1) is 5.75. The third-order valence-electron chi connectivity index (χ3n) is 1.84. The van der Waals surface area contributed by atoms with Crippen LogP contribution in [0.15, 0.2) is 4.42 Å². The van der Waals surface area contributed by atoms with Crippen molar-refractivity contribution in [1.82, 2.24) is 10.2 Å². The Morgan fingerprint density at radius 2 is 1.92 bits per heavy atom. The van der Waals surface area contributed by atoms with E-state index >= 15 is 0 Å². The van der Waals surface area contributed by atoms with Gasteiger partial charge in [0.1, 0.15) is 4.75 Å². The predicted octanol–water partition coefficient (Wildman–Crippen LogP) is 0.954. The molecule has 0 atom stereocenters. The predicted molar refractivity (Wildman–Crippen MR) is 54.9 cm³/mol. The summed E-state index contributed by atoms with van der Waals surface area (Å²) in [5.41, 5.74) is 0. The van der Waals surface area contributed by atoms with Gasteiger partial charge in [-0.15, -0.1) is 10.2 Å². The zero-order valence-corrected chi connectivity index (χ0v) is 10.4. The number of halogens is 1. The zero-order chi connectivity index (χ0) is 10.3. The fourth-order valence-corrected chi connectivity index (χ4v) is 1.32. The zero-order valence-electron chi connectivity index (χ0n) is 7.41. The molecule has 0 aliphatic carbocycles. The average molecular weight is 316 g/mol.